The molecule has 2 atom stereocenters. The molecular formula is C27H53NO4. The van der Waals surface area contributed by atoms with Crippen molar-refractivity contribution in [2.24, 2.45) is 5.92 Å². The van der Waals surface area contributed by atoms with E-state index in [1.807, 2.05) is 21.1 Å². The quantitative estimate of drug-likeness (QED) is 0.120. The number of esters is 1. The van der Waals surface area contributed by atoms with Gasteiger partial charge >= 0.3 is 5.97 Å². The Bertz CT molecular complexity index is 473. The Morgan fingerprint density at radius 2 is 1.25 bits per heavy atom. The standard InChI is InChI=1S/C27H53NO4/c1-6-7-8-9-10-11-12-13-14-15-16-19-24(2)20-17-18-21-27(31)32-25(22-26(29)30)23-28(3,4)5/h24-25H,6-23H2,1-5H3. The summed E-state index contributed by atoms with van der Waals surface area (Å²) in [6, 6.07) is 0. The highest BCUT2D eigenvalue weighted by Gasteiger charge is 2.22. The summed E-state index contributed by atoms with van der Waals surface area (Å²) >= 11 is 0. The number of carboxylic acids is 1. The topological polar surface area (TPSA) is 66.4 Å². The first-order valence-electron chi connectivity index (χ1n) is 13.3. The number of hydrogen-bond acceptors (Lipinski definition) is 4. The molecule has 0 heterocycles. The van der Waals surface area contributed by atoms with Crippen molar-refractivity contribution >= 4 is 11.9 Å². The molecule has 5 heteroatoms. The number of nitrogens with zero attached hydrogens (tertiary/aromatic N) is 1. The van der Waals surface area contributed by atoms with Crippen LogP contribution in [0.4, 0.5) is 0 Å². The van der Waals surface area contributed by atoms with Crippen molar-refractivity contribution in [1.29, 1.82) is 0 Å². The predicted molar refractivity (Wildman–Crippen MR) is 131 cm³/mol. The summed E-state index contributed by atoms with van der Waals surface area (Å²) in [4.78, 5) is 23.0. The van der Waals surface area contributed by atoms with Gasteiger partial charge in [-0.2, -0.15) is 0 Å². The van der Waals surface area contributed by atoms with E-state index in [0.717, 1.165) is 19.3 Å². The van der Waals surface area contributed by atoms with Crippen molar-refractivity contribution in [3.05, 3.63) is 0 Å². The van der Waals surface area contributed by atoms with E-state index in [0.29, 0.717) is 23.4 Å². The number of carboxylic acid groups (broad SMARTS) is 1. The molecule has 0 radical (unpaired) electrons. The second kappa shape index (κ2) is 19.4. The van der Waals surface area contributed by atoms with Crippen LogP contribution < -0.4 is 5.11 Å². The molecule has 0 amide bonds. The number of likely N-dealkylation sites (N-methyl/N-ethyl adjacent to an activating group) is 1. The maximum Gasteiger partial charge on any atom is 0.306 e. The fourth-order valence-electron chi connectivity index (χ4n) is 4.25. The maximum absolute atomic E-state index is 12.1. The molecule has 0 aromatic rings. The Morgan fingerprint density at radius 1 is 0.781 bits per heavy atom. The molecule has 0 saturated carbocycles. The minimum atomic E-state index is -1.17. The Balaban J connectivity index is 3.69. The summed E-state index contributed by atoms with van der Waals surface area (Å²) in [5.74, 6) is -0.760. The molecule has 0 aromatic heterocycles. The highest BCUT2D eigenvalue weighted by atomic mass is 16.5. The lowest BCUT2D eigenvalue weighted by molar-refractivity contribution is -0.873. The number of unbranched alkanes of at least 4 members (excludes halogenated alkanes) is 11. The van der Waals surface area contributed by atoms with Crippen LogP contribution >= 0.6 is 0 Å². The number of rotatable bonds is 22. The van der Waals surface area contributed by atoms with Crippen molar-refractivity contribution in [3.8, 4) is 0 Å². The van der Waals surface area contributed by atoms with E-state index < -0.39 is 12.1 Å². The van der Waals surface area contributed by atoms with E-state index >= 15 is 0 Å². The largest absolute Gasteiger partial charge is 0.550 e. The predicted octanol–water partition coefficient (Wildman–Crippen LogP) is 5.64. The van der Waals surface area contributed by atoms with Crippen LogP contribution in [0, 0.1) is 5.92 Å². The van der Waals surface area contributed by atoms with Crippen molar-refractivity contribution < 1.29 is 23.9 Å². The molecule has 0 bridgehead atoms. The molecule has 0 aromatic carbocycles. The van der Waals surface area contributed by atoms with Gasteiger partial charge in [0, 0.05) is 18.8 Å². The smallest absolute Gasteiger partial charge is 0.306 e. The first-order chi connectivity index (χ1) is 15.1. The summed E-state index contributed by atoms with van der Waals surface area (Å²) in [7, 11) is 5.85. The molecule has 32 heavy (non-hydrogen) atoms. The average molecular weight is 456 g/mol. The Morgan fingerprint density at radius 3 is 1.72 bits per heavy atom. The summed E-state index contributed by atoms with van der Waals surface area (Å²) in [5.41, 5.74) is 0. The third-order valence-electron chi connectivity index (χ3n) is 6.07. The molecule has 5 nitrogen and oxygen atoms in total. The number of hydrogen-bond donors (Lipinski definition) is 0. The van der Waals surface area contributed by atoms with Gasteiger partial charge in [-0.05, 0) is 12.3 Å². The van der Waals surface area contributed by atoms with Crippen LogP contribution in [-0.4, -0.2) is 50.2 Å². The Hall–Kier alpha value is -1.10. The molecule has 0 N–H and O–H groups in total. The lowest BCUT2D eigenvalue weighted by Gasteiger charge is -2.29. The van der Waals surface area contributed by atoms with Gasteiger partial charge in [0.1, 0.15) is 6.54 Å². The van der Waals surface area contributed by atoms with Gasteiger partial charge in [-0.1, -0.05) is 104 Å². The highest BCUT2D eigenvalue weighted by Crippen LogP contribution is 2.18. The second-order valence-electron chi connectivity index (χ2n) is 10.8. The molecule has 0 aliphatic rings. The Labute approximate surface area is 198 Å². The van der Waals surface area contributed by atoms with Crippen LogP contribution in [0.1, 0.15) is 123 Å². The van der Waals surface area contributed by atoms with Crippen LogP contribution in [0.25, 0.3) is 0 Å². The second-order valence-corrected chi connectivity index (χ2v) is 10.8. The van der Waals surface area contributed by atoms with Gasteiger partial charge in [0.05, 0.1) is 21.1 Å². The SMILES string of the molecule is CCCCCCCCCCCCCC(C)CCCCC(=O)OC(CC(=O)[O-])C[N+](C)(C)C. The van der Waals surface area contributed by atoms with E-state index in [9.17, 15) is 14.7 Å². The van der Waals surface area contributed by atoms with Crippen molar-refractivity contribution in [3.63, 3.8) is 0 Å². The fraction of sp³-hybridized carbons (Fsp3) is 0.926. The van der Waals surface area contributed by atoms with Gasteiger partial charge in [0.2, 0.25) is 0 Å². The molecule has 2 unspecified atom stereocenters. The molecule has 0 saturated heterocycles. The Kier molecular flexibility index (Phi) is 18.7. The van der Waals surface area contributed by atoms with Gasteiger partial charge in [-0.25, -0.2) is 0 Å². The van der Waals surface area contributed by atoms with Crippen LogP contribution in [0.2, 0.25) is 0 Å². The number of carbonyl (C=O) groups excluding carboxylic acids is 2. The van der Waals surface area contributed by atoms with Crippen LogP contribution in [0.5, 0.6) is 0 Å². The first kappa shape index (κ1) is 30.9. The monoisotopic (exact) mass is 455 g/mol. The van der Waals surface area contributed by atoms with E-state index in [4.69, 9.17) is 4.74 Å². The van der Waals surface area contributed by atoms with E-state index in [1.165, 1.54) is 77.0 Å². The molecule has 0 rings (SSSR count). The van der Waals surface area contributed by atoms with Crippen LogP contribution in [0.15, 0.2) is 0 Å². The maximum atomic E-state index is 12.1. The van der Waals surface area contributed by atoms with Gasteiger partial charge < -0.3 is 19.1 Å². The number of ether oxygens (including phenoxy) is 1. The third kappa shape index (κ3) is 22.1. The molecule has 190 valence electrons. The number of aliphatic carboxylic acids is 1. The summed E-state index contributed by atoms with van der Waals surface area (Å²) < 4.78 is 5.96. The van der Waals surface area contributed by atoms with E-state index in [1.54, 1.807) is 0 Å². The first-order valence-corrected chi connectivity index (χ1v) is 13.3. The minimum Gasteiger partial charge on any atom is -0.550 e. The van der Waals surface area contributed by atoms with Gasteiger partial charge in [-0.3, -0.25) is 4.79 Å². The van der Waals surface area contributed by atoms with E-state index in [-0.39, 0.29) is 12.4 Å². The van der Waals surface area contributed by atoms with Crippen molar-refractivity contribution in [2.45, 2.75) is 129 Å². The van der Waals surface area contributed by atoms with E-state index in [2.05, 4.69) is 13.8 Å². The lowest BCUT2D eigenvalue weighted by atomic mass is 9.96. The van der Waals surface area contributed by atoms with Crippen LogP contribution in [0.3, 0.4) is 0 Å². The van der Waals surface area contributed by atoms with Gasteiger partial charge in [-0.15, -0.1) is 0 Å². The third-order valence-corrected chi connectivity index (χ3v) is 6.07. The van der Waals surface area contributed by atoms with Gasteiger partial charge in [0.15, 0.2) is 6.10 Å². The number of quaternary nitrogens is 1. The minimum absolute atomic E-state index is 0.239. The molecule has 0 aliphatic heterocycles. The average Bonchev–Trinajstić information content (AvgIpc) is 2.67. The van der Waals surface area contributed by atoms with Gasteiger partial charge in [0.25, 0.3) is 0 Å². The normalized spacial score (nSPS) is 13.7. The fourth-order valence-corrected chi connectivity index (χ4v) is 4.25. The van der Waals surface area contributed by atoms with Crippen molar-refractivity contribution in [1.82, 2.24) is 0 Å². The summed E-state index contributed by atoms with van der Waals surface area (Å²) in [6.45, 7) is 5.05. The lowest BCUT2D eigenvalue weighted by Crippen LogP contribution is -2.45. The van der Waals surface area contributed by atoms with Crippen molar-refractivity contribution in [2.75, 3.05) is 27.7 Å². The summed E-state index contributed by atoms with van der Waals surface area (Å²) in [6.07, 6.45) is 19.0. The van der Waals surface area contributed by atoms with Crippen LogP contribution in [-0.2, 0) is 14.3 Å². The zero-order valence-electron chi connectivity index (χ0n) is 22.0. The molecule has 0 fully saturated rings. The molecule has 0 spiro atoms. The summed E-state index contributed by atoms with van der Waals surface area (Å²) in [5, 5.41) is 10.9. The zero-order chi connectivity index (χ0) is 24.2. The molecule has 0 aliphatic carbocycles. The highest BCUT2D eigenvalue weighted by molar-refractivity contribution is 5.70. The number of carbonyl (C=O) groups is 2. The molecular weight excluding hydrogens is 402 g/mol. The zero-order valence-corrected chi connectivity index (χ0v) is 22.0.